The molecule has 3 heteroatoms. The van der Waals surface area contributed by atoms with Crippen LogP contribution in [-0.2, 0) is 6.54 Å². The SMILES string of the molecule is CCCC1CN(Cc2ccccc2OC)C(C)CN1. The van der Waals surface area contributed by atoms with Crippen LogP contribution in [0.2, 0.25) is 0 Å². The van der Waals surface area contributed by atoms with E-state index in [4.69, 9.17) is 4.74 Å². The highest BCUT2D eigenvalue weighted by molar-refractivity contribution is 5.33. The Morgan fingerprint density at radius 1 is 1.37 bits per heavy atom. The molecule has 19 heavy (non-hydrogen) atoms. The molecule has 0 radical (unpaired) electrons. The Kier molecular flexibility index (Phi) is 5.23. The number of piperazine rings is 1. The highest BCUT2D eigenvalue weighted by Crippen LogP contribution is 2.21. The van der Waals surface area contributed by atoms with Crippen LogP contribution in [0.5, 0.6) is 5.75 Å². The van der Waals surface area contributed by atoms with Crippen molar-refractivity contribution in [2.45, 2.75) is 45.3 Å². The molecule has 1 aliphatic rings. The van der Waals surface area contributed by atoms with Crippen LogP contribution in [0, 0.1) is 0 Å². The van der Waals surface area contributed by atoms with Crippen molar-refractivity contribution >= 4 is 0 Å². The Hall–Kier alpha value is -1.06. The van der Waals surface area contributed by atoms with Gasteiger partial charge in [-0.25, -0.2) is 0 Å². The quantitative estimate of drug-likeness (QED) is 0.883. The fraction of sp³-hybridized carbons (Fsp3) is 0.625. The van der Waals surface area contributed by atoms with Gasteiger partial charge in [0.15, 0.2) is 0 Å². The van der Waals surface area contributed by atoms with E-state index in [9.17, 15) is 0 Å². The molecular formula is C16H26N2O. The predicted molar refractivity (Wildman–Crippen MR) is 79.6 cm³/mol. The zero-order chi connectivity index (χ0) is 13.7. The van der Waals surface area contributed by atoms with Gasteiger partial charge in [0, 0.05) is 37.3 Å². The third-order valence-corrected chi connectivity index (χ3v) is 3.98. The van der Waals surface area contributed by atoms with E-state index in [2.05, 4.69) is 36.2 Å². The van der Waals surface area contributed by atoms with Crippen LogP contribution in [-0.4, -0.2) is 37.2 Å². The van der Waals surface area contributed by atoms with E-state index in [0.29, 0.717) is 12.1 Å². The molecule has 2 atom stereocenters. The maximum atomic E-state index is 5.45. The van der Waals surface area contributed by atoms with Crippen LogP contribution in [0.25, 0.3) is 0 Å². The van der Waals surface area contributed by atoms with Crippen molar-refractivity contribution in [1.82, 2.24) is 10.2 Å². The van der Waals surface area contributed by atoms with E-state index in [-0.39, 0.29) is 0 Å². The highest BCUT2D eigenvalue weighted by Gasteiger charge is 2.24. The topological polar surface area (TPSA) is 24.5 Å². The van der Waals surface area contributed by atoms with Gasteiger partial charge in [-0.05, 0) is 19.4 Å². The minimum atomic E-state index is 0.581. The molecule has 0 aliphatic carbocycles. The zero-order valence-corrected chi connectivity index (χ0v) is 12.4. The van der Waals surface area contributed by atoms with Gasteiger partial charge in [0.2, 0.25) is 0 Å². The summed E-state index contributed by atoms with van der Waals surface area (Å²) in [5.41, 5.74) is 1.29. The molecule has 0 spiro atoms. The van der Waals surface area contributed by atoms with Gasteiger partial charge in [-0.2, -0.15) is 0 Å². The van der Waals surface area contributed by atoms with Gasteiger partial charge in [0.05, 0.1) is 7.11 Å². The third kappa shape index (κ3) is 3.71. The average Bonchev–Trinajstić information content (AvgIpc) is 2.43. The van der Waals surface area contributed by atoms with Gasteiger partial charge < -0.3 is 10.1 Å². The largest absolute Gasteiger partial charge is 0.496 e. The molecule has 1 saturated heterocycles. The van der Waals surface area contributed by atoms with Crippen molar-refractivity contribution in [3.8, 4) is 5.75 Å². The van der Waals surface area contributed by atoms with Crippen molar-refractivity contribution in [3.63, 3.8) is 0 Å². The highest BCUT2D eigenvalue weighted by atomic mass is 16.5. The molecule has 0 bridgehead atoms. The summed E-state index contributed by atoms with van der Waals surface area (Å²) in [6, 6.07) is 9.56. The number of methoxy groups -OCH3 is 1. The van der Waals surface area contributed by atoms with E-state index in [0.717, 1.165) is 25.4 Å². The molecule has 1 fully saturated rings. The molecule has 3 nitrogen and oxygen atoms in total. The van der Waals surface area contributed by atoms with Gasteiger partial charge in [0.1, 0.15) is 5.75 Å². The number of benzene rings is 1. The number of nitrogens with zero attached hydrogens (tertiary/aromatic N) is 1. The summed E-state index contributed by atoms with van der Waals surface area (Å²) in [7, 11) is 1.75. The number of nitrogens with one attached hydrogen (secondary N) is 1. The third-order valence-electron chi connectivity index (χ3n) is 3.98. The van der Waals surface area contributed by atoms with E-state index in [1.807, 2.05) is 12.1 Å². The molecule has 2 unspecified atom stereocenters. The van der Waals surface area contributed by atoms with Crippen LogP contribution in [0.15, 0.2) is 24.3 Å². The van der Waals surface area contributed by atoms with Crippen LogP contribution < -0.4 is 10.1 Å². The second kappa shape index (κ2) is 6.92. The van der Waals surface area contributed by atoms with Gasteiger partial charge in [-0.1, -0.05) is 31.5 Å². The van der Waals surface area contributed by atoms with Crippen LogP contribution >= 0.6 is 0 Å². The first-order chi connectivity index (χ1) is 9.24. The molecule has 106 valence electrons. The monoisotopic (exact) mass is 262 g/mol. The van der Waals surface area contributed by atoms with E-state index in [1.54, 1.807) is 7.11 Å². The van der Waals surface area contributed by atoms with Crippen LogP contribution in [0.4, 0.5) is 0 Å². The lowest BCUT2D eigenvalue weighted by Crippen LogP contribution is -2.54. The first kappa shape index (κ1) is 14.4. The summed E-state index contributed by atoms with van der Waals surface area (Å²) in [5, 5.41) is 3.64. The Labute approximate surface area is 116 Å². The Balaban J connectivity index is 2.03. The molecule has 1 aliphatic heterocycles. The van der Waals surface area contributed by atoms with Crippen molar-refractivity contribution in [2.24, 2.45) is 0 Å². The smallest absolute Gasteiger partial charge is 0.123 e. The first-order valence-corrected chi connectivity index (χ1v) is 7.34. The predicted octanol–water partition coefficient (Wildman–Crippen LogP) is 2.66. The molecule has 2 rings (SSSR count). The molecule has 1 heterocycles. The molecule has 1 N–H and O–H groups in total. The second-order valence-corrected chi connectivity index (χ2v) is 5.48. The van der Waals surface area contributed by atoms with Crippen molar-refractivity contribution in [2.75, 3.05) is 20.2 Å². The number of para-hydroxylation sites is 1. The molecule has 1 aromatic carbocycles. The fourth-order valence-corrected chi connectivity index (χ4v) is 2.81. The summed E-state index contributed by atoms with van der Waals surface area (Å²) < 4.78 is 5.45. The molecule has 0 saturated carbocycles. The Morgan fingerprint density at radius 2 is 2.16 bits per heavy atom. The summed E-state index contributed by atoms with van der Waals surface area (Å²) in [6.07, 6.45) is 2.50. The molecule has 1 aromatic rings. The maximum absolute atomic E-state index is 5.45. The van der Waals surface area contributed by atoms with Gasteiger partial charge >= 0.3 is 0 Å². The van der Waals surface area contributed by atoms with Gasteiger partial charge in [0.25, 0.3) is 0 Å². The second-order valence-electron chi connectivity index (χ2n) is 5.48. The van der Waals surface area contributed by atoms with E-state index in [1.165, 1.54) is 18.4 Å². The number of ether oxygens (including phenoxy) is 1. The summed E-state index contributed by atoms with van der Waals surface area (Å²) >= 11 is 0. The van der Waals surface area contributed by atoms with E-state index < -0.39 is 0 Å². The van der Waals surface area contributed by atoms with Crippen molar-refractivity contribution in [3.05, 3.63) is 29.8 Å². The minimum Gasteiger partial charge on any atom is -0.496 e. The average molecular weight is 262 g/mol. The maximum Gasteiger partial charge on any atom is 0.123 e. The minimum absolute atomic E-state index is 0.581. The lowest BCUT2D eigenvalue weighted by Gasteiger charge is -2.39. The lowest BCUT2D eigenvalue weighted by atomic mass is 10.0. The van der Waals surface area contributed by atoms with Crippen LogP contribution in [0.3, 0.4) is 0 Å². The number of hydrogen-bond acceptors (Lipinski definition) is 3. The standard InChI is InChI=1S/C16H26N2O/c1-4-7-15-12-18(13(2)10-17-15)11-14-8-5-6-9-16(14)19-3/h5-6,8-9,13,15,17H,4,7,10-12H2,1-3H3. The summed E-state index contributed by atoms with van der Waals surface area (Å²) in [6.45, 7) is 7.74. The lowest BCUT2D eigenvalue weighted by molar-refractivity contribution is 0.128. The molecular weight excluding hydrogens is 236 g/mol. The molecule has 0 amide bonds. The fourth-order valence-electron chi connectivity index (χ4n) is 2.81. The van der Waals surface area contributed by atoms with Crippen molar-refractivity contribution < 1.29 is 4.74 Å². The van der Waals surface area contributed by atoms with Crippen molar-refractivity contribution in [1.29, 1.82) is 0 Å². The van der Waals surface area contributed by atoms with Crippen LogP contribution in [0.1, 0.15) is 32.3 Å². The first-order valence-electron chi connectivity index (χ1n) is 7.34. The van der Waals surface area contributed by atoms with E-state index >= 15 is 0 Å². The Morgan fingerprint density at radius 3 is 2.89 bits per heavy atom. The zero-order valence-electron chi connectivity index (χ0n) is 12.4. The number of hydrogen-bond donors (Lipinski definition) is 1. The summed E-state index contributed by atoms with van der Waals surface area (Å²) in [4.78, 5) is 2.56. The normalized spacial score (nSPS) is 24.4. The van der Waals surface area contributed by atoms with Gasteiger partial charge in [-0.15, -0.1) is 0 Å². The number of rotatable bonds is 5. The Bertz CT molecular complexity index is 394. The summed E-state index contributed by atoms with van der Waals surface area (Å²) in [5.74, 6) is 1.00. The molecule has 0 aromatic heterocycles. The van der Waals surface area contributed by atoms with Gasteiger partial charge in [-0.3, -0.25) is 4.90 Å².